The van der Waals surface area contributed by atoms with Crippen molar-refractivity contribution in [3.8, 4) is 0 Å². The number of nitrogens with one attached hydrogen (secondary N) is 1. The number of rotatable bonds is 8. The Morgan fingerprint density at radius 3 is 2.59 bits per heavy atom. The molecule has 0 aliphatic carbocycles. The second-order valence-electron chi connectivity index (χ2n) is 7.39. The van der Waals surface area contributed by atoms with Gasteiger partial charge in [0.1, 0.15) is 0 Å². The first-order chi connectivity index (χ1) is 13.8. The SMILES string of the molecule is CC(C)OCC(O)Cn1c(N(C)Cc2ccccc2)nc2c1c(=O)[nH]c(=O)n2C. The standard InChI is InChI=1S/C20H27N5O4/c1-13(2)29-12-15(26)11-25-16-17(24(4)20(28)22-18(16)27)21-19(25)23(3)10-14-8-6-5-7-9-14/h5-9,13,15,26H,10-12H2,1-4H3,(H,22,27,28). The molecule has 2 N–H and O–H groups in total. The summed E-state index contributed by atoms with van der Waals surface area (Å²) in [5.41, 5.74) is 0.511. The minimum absolute atomic E-state index is 0.0198. The highest BCUT2D eigenvalue weighted by Gasteiger charge is 2.22. The number of aromatic nitrogens is 4. The molecule has 3 rings (SSSR count). The van der Waals surface area contributed by atoms with Gasteiger partial charge >= 0.3 is 5.69 Å². The topological polar surface area (TPSA) is 105 Å². The predicted molar refractivity (Wildman–Crippen MR) is 111 cm³/mol. The molecule has 156 valence electrons. The first kappa shape index (κ1) is 20.8. The zero-order valence-electron chi connectivity index (χ0n) is 17.1. The number of imidazole rings is 1. The van der Waals surface area contributed by atoms with Crippen LogP contribution < -0.4 is 16.1 Å². The molecule has 0 fully saturated rings. The Labute approximate surface area is 168 Å². The highest BCUT2D eigenvalue weighted by atomic mass is 16.5. The number of hydrogen-bond acceptors (Lipinski definition) is 6. The van der Waals surface area contributed by atoms with Gasteiger partial charge in [-0.25, -0.2) is 4.79 Å². The summed E-state index contributed by atoms with van der Waals surface area (Å²) in [6.45, 7) is 4.56. The third-order valence-corrected chi connectivity index (χ3v) is 4.61. The summed E-state index contributed by atoms with van der Waals surface area (Å²) in [5.74, 6) is 0.485. The molecule has 2 heterocycles. The van der Waals surface area contributed by atoms with E-state index in [1.54, 1.807) is 11.6 Å². The summed E-state index contributed by atoms with van der Waals surface area (Å²) in [6, 6.07) is 9.84. The minimum atomic E-state index is -0.838. The van der Waals surface area contributed by atoms with Gasteiger partial charge < -0.3 is 19.3 Å². The van der Waals surface area contributed by atoms with Crippen molar-refractivity contribution >= 4 is 17.1 Å². The van der Waals surface area contributed by atoms with E-state index in [1.807, 2.05) is 56.1 Å². The molecule has 0 saturated carbocycles. The molecule has 0 bridgehead atoms. The number of aliphatic hydroxyl groups excluding tert-OH is 1. The quantitative estimate of drug-likeness (QED) is 0.580. The molecule has 9 heteroatoms. The van der Waals surface area contributed by atoms with Crippen molar-refractivity contribution in [2.45, 2.75) is 39.1 Å². The van der Waals surface area contributed by atoms with Crippen molar-refractivity contribution in [1.82, 2.24) is 19.1 Å². The lowest BCUT2D eigenvalue weighted by Gasteiger charge is -2.21. The summed E-state index contributed by atoms with van der Waals surface area (Å²) >= 11 is 0. The van der Waals surface area contributed by atoms with Crippen molar-refractivity contribution in [1.29, 1.82) is 0 Å². The van der Waals surface area contributed by atoms with Gasteiger partial charge in [-0.2, -0.15) is 4.98 Å². The van der Waals surface area contributed by atoms with E-state index in [-0.39, 0.29) is 30.4 Å². The van der Waals surface area contributed by atoms with Gasteiger partial charge in [0.15, 0.2) is 11.2 Å². The molecule has 0 radical (unpaired) electrons. The van der Waals surface area contributed by atoms with Gasteiger partial charge in [0.25, 0.3) is 5.56 Å². The van der Waals surface area contributed by atoms with E-state index < -0.39 is 17.4 Å². The molecule has 0 saturated heterocycles. The molecule has 1 aromatic carbocycles. The number of benzene rings is 1. The van der Waals surface area contributed by atoms with Crippen LogP contribution in [-0.2, 0) is 24.9 Å². The van der Waals surface area contributed by atoms with E-state index in [1.165, 1.54) is 4.57 Å². The van der Waals surface area contributed by atoms with E-state index >= 15 is 0 Å². The van der Waals surface area contributed by atoms with E-state index in [0.29, 0.717) is 12.5 Å². The zero-order valence-corrected chi connectivity index (χ0v) is 17.1. The van der Waals surface area contributed by atoms with Crippen molar-refractivity contribution in [2.75, 3.05) is 18.6 Å². The van der Waals surface area contributed by atoms with E-state index in [9.17, 15) is 14.7 Å². The van der Waals surface area contributed by atoms with Crippen LogP contribution in [0.25, 0.3) is 11.2 Å². The molecule has 29 heavy (non-hydrogen) atoms. The Kier molecular flexibility index (Phi) is 6.19. The van der Waals surface area contributed by atoms with Crippen LogP contribution >= 0.6 is 0 Å². The lowest BCUT2D eigenvalue weighted by Crippen LogP contribution is -2.31. The monoisotopic (exact) mass is 401 g/mol. The van der Waals surface area contributed by atoms with Gasteiger partial charge in [-0.1, -0.05) is 30.3 Å². The maximum Gasteiger partial charge on any atom is 0.329 e. The van der Waals surface area contributed by atoms with Gasteiger partial charge in [0.05, 0.1) is 25.4 Å². The Balaban J connectivity index is 2.05. The maximum atomic E-state index is 12.6. The first-order valence-corrected chi connectivity index (χ1v) is 9.52. The van der Waals surface area contributed by atoms with Gasteiger partial charge in [0.2, 0.25) is 5.95 Å². The van der Waals surface area contributed by atoms with Crippen molar-refractivity contribution < 1.29 is 9.84 Å². The van der Waals surface area contributed by atoms with E-state index in [2.05, 4.69) is 9.97 Å². The normalized spacial score (nSPS) is 12.6. The van der Waals surface area contributed by atoms with Crippen LogP contribution in [0.15, 0.2) is 39.9 Å². The molecular weight excluding hydrogens is 374 g/mol. The van der Waals surface area contributed by atoms with Gasteiger partial charge in [-0.15, -0.1) is 0 Å². The van der Waals surface area contributed by atoms with E-state index in [4.69, 9.17) is 4.74 Å². The predicted octanol–water partition coefficient (Wildman–Crippen LogP) is 0.846. The number of anilines is 1. The Morgan fingerprint density at radius 1 is 1.24 bits per heavy atom. The number of fused-ring (bicyclic) bond motifs is 1. The summed E-state index contributed by atoms with van der Waals surface area (Å²) in [6.07, 6.45) is -0.857. The van der Waals surface area contributed by atoms with Crippen LogP contribution in [0.1, 0.15) is 19.4 Å². The summed E-state index contributed by atoms with van der Waals surface area (Å²) in [5, 5.41) is 10.5. The van der Waals surface area contributed by atoms with Gasteiger partial charge in [0, 0.05) is 20.6 Å². The third-order valence-electron chi connectivity index (χ3n) is 4.61. The van der Waals surface area contributed by atoms with Crippen molar-refractivity contribution in [3.63, 3.8) is 0 Å². The number of aryl methyl sites for hydroxylation is 1. The van der Waals surface area contributed by atoms with Crippen LogP contribution in [0.3, 0.4) is 0 Å². The number of nitrogens with zero attached hydrogens (tertiary/aromatic N) is 4. The second kappa shape index (κ2) is 8.62. The molecular formula is C20H27N5O4. The van der Waals surface area contributed by atoms with E-state index in [0.717, 1.165) is 5.56 Å². The van der Waals surface area contributed by atoms with Crippen molar-refractivity contribution in [3.05, 3.63) is 56.7 Å². The van der Waals surface area contributed by atoms with Crippen molar-refractivity contribution in [2.24, 2.45) is 7.05 Å². The molecule has 9 nitrogen and oxygen atoms in total. The van der Waals surface area contributed by atoms with Gasteiger partial charge in [-0.05, 0) is 19.4 Å². The first-order valence-electron chi connectivity index (χ1n) is 9.52. The smallest absolute Gasteiger partial charge is 0.329 e. The molecule has 1 atom stereocenters. The van der Waals surface area contributed by atoms with Crippen LogP contribution in [0, 0.1) is 0 Å². The number of aromatic amines is 1. The molecule has 0 spiro atoms. The molecule has 1 unspecified atom stereocenters. The largest absolute Gasteiger partial charge is 0.389 e. The average Bonchev–Trinajstić information content (AvgIpc) is 3.05. The maximum absolute atomic E-state index is 12.6. The fraction of sp³-hybridized carbons (Fsp3) is 0.450. The average molecular weight is 401 g/mol. The third kappa shape index (κ3) is 4.57. The highest BCUT2D eigenvalue weighted by molar-refractivity contribution is 5.74. The van der Waals surface area contributed by atoms with Crippen LogP contribution in [0.4, 0.5) is 5.95 Å². The lowest BCUT2D eigenvalue weighted by molar-refractivity contribution is -0.000170. The Morgan fingerprint density at radius 2 is 1.93 bits per heavy atom. The molecule has 2 aromatic heterocycles. The van der Waals surface area contributed by atoms with Crippen LogP contribution in [-0.4, -0.2) is 50.1 Å². The fourth-order valence-electron chi connectivity index (χ4n) is 3.18. The highest BCUT2D eigenvalue weighted by Crippen LogP contribution is 2.21. The summed E-state index contributed by atoms with van der Waals surface area (Å²) < 4.78 is 8.43. The number of aliphatic hydroxyl groups is 1. The lowest BCUT2D eigenvalue weighted by atomic mass is 10.2. The Hall–Kier alpha value is -2.91. The van der Waals surface area contributed by atoms with Crippen LogP contribution in [0.2, 0.25) is 0 Å². The van der Waals surface area contributed by atoms with Crippen LogP contribution in [0.5, 0.6) is 0 Å². The molecule has 0 aliphatic rings. The fourth-order valence-corrected chi connectivity index (χ4v) is 3.18. The summed E-state index contributed by atoms with van der Waals surface area (Å²) in [4.78, 5) is 33.3. The number of hydrogen-bond donors (Lipinski definition) is 2. The molecule has 3 aromatic rings. The molecule has 0 amide bonds. The number of ether oxygens (including phenoxy) is 1. The minimum Gasteiger partial charge on any atom is -0.389 e. The Bertz CT molecular complexity index is 1080. The second-order valence-corrected chi connectivity index (χ2v) is 7.39. The molecule has 0 aliphatic heterocycles. The number of H-pyrrole nitrogens is 1. The summed E-state index contributed by atoms with van der Waals surface area (Å²) in [7, 11) is 3.41. The zero-order chi connectivity index (χ0) is 21.1. The van der Waals surface area contributed by atoms with Gasteiger partial charge in [-0.3, -0.25) is 14.3 Å².